The zero-order valence-electron chi connectivity index (χ0n) is 8.72. The Balaban J connectivity index is 3.07. The van der Waals surface area contributed by atoms with Gasteiger partial charge in [-0.3, -0.25) is 9.78 Å². The van der Waals surface area contributed by atoms with Crippen molar-refractivity contribution in [2.24, 2.45) is 0 Å². The summed E-state index contributed by atoms with van der Waals surface area (Å²) in [5.74, 6) is -0.117. The molecule has 1 aromatic rings. The van der Waals surface area contributed by atoms with Gasteiger partial charge in [-0.1, -0.05) is 0 Å². The summed E-state index contributed by atoms with van der Waals surface area (Å²) >= 11 is 0. The van der Waals surface area contributed by atoms with E-state index < -0.39 is 0 Å². The van der Waals surface area contributed by atoms with Crippen LogP contribution in [0.4, 0.5) is 5.69 Å². The van der Waals surface area contributed by atoms with Crippen LogP contribution in [-0.2, 0) is 0 Å². The Bertz CT molecular complexity index is 336. The van der Waals surface area contributed by atoms with Gasteiger partial charge in [0, 0.05) is 25.5 Å². The highest BCUT2D eigenvalue weighted by atomic mass is 16.1. The zero-order chi connectivity index (χ0) is 10.6. The van der Waals surface area contributed by atoms with Crippen LogP contribution < -0.4 is 10.6 Å². The van der Waals surface area contributed by atoms with E-state index in [1.165, 1.54) is 0 Å². The van der Waals surface area contributed by atoms with Crippen LogP contribution in [0.15, 0.2) is 12.3 Å². The van der Waals surface area contributed by atoms with Crippen molar-refractivity contribution in [1.82, 2.24) is 10.3 Å². The van der Waals surface area contributed by atoms with E-state index in [1.54, 1.807) is 13.2 Å². The third-order valence-electron chi connectivity index (χ3n) is 1.88. The Morgan fingerprint density at radius 2 is 2.29 bits per heavy atom. The van der Waals surface area contributed by atoms with Crippen LogP contribution in [0.5, 0.6) is 0 Å². The van der Waals surface area contributed by atoms with Crippen LogP contribution in [0.3, 0.4) is 0 Å². The van der Waals surface area contributed by atoms with Gasteiger partial charge in [-0.2, -0.15) is 0 Å². The highest BCUT2D eigenvalue weighted by molar-refractivity contribution is 5.99. The summed E-state index contributed by atoms with van der Waals surface area (Å²) in [6.07, 6.45) is 1.59. The van der Waals surface area contributed by atoms with Crippen LogP contribution in [0.1, 0.15) is 23.0 Å². The maximum Gasteiger partial charge on any atom is 0.254 e. The fourth-order valence-electron chi connectivity index (χ4n) is 1.21. The molecule has 4 heteroatoms. The second kappa shape index (κ2) is 4.60. The standard InChI is InChI=1S/C10H15N3O/c1-4-12-9-5-7(2)13-6-8(9)10(14)11-3/h5-6H,4H2,1-3H3,(H,11,14)(H,12,13). The normalized spacial score (nSPS) is 9.64. The van der Waals surface area contributed by atoms with E-state index in [4.69, 9.17) is 0 Å². The summed E-state index contributed by atoms with van der Waals surface area (Å²) < 4.78 is 0. The molecule has 1 heterocycles. The van der Waals surface area contributed by atoms with Gasteiger partial charge >= 0.3 is 0 Å². The third kappa shape index (κ3) is 2.22. The minimum atomic E-state index is -0.117. The number of amides is 1. The number of aryl methyl sites for hydroxylation is 1. The number of rotatable bonds is 3. The summed E-state index contributed by atoms with van der Waals surface area (Å²) in [7, 11) is 1.61. The highest BCUT2D eigenvalue weighted by Crippen LogP contribution is 2.14. The third-order valence-corrected chi connectivity index (χ3v) is 1.88. The molecule has 0 spiro atoms. The number of hydrogen-bond donors (Lipinski definition) is 2. The molecule has 1 rings (SSSR count). The molecular formula is C10H15N3O. The molecule has 0 aliphatic heterocycles. The van der Waals surface area contributed by atoms with Gasteiger partial charge < -0.3 is 10.6 Å². The fraction of sp³-hybridized carbons (Fsp3) is 0.400. The van der Waals surface area contributed by atoms with Crippen LogP contribution in [0.25, 0.3) is 0 Å². The minimum Gasteiger partial charge on any atom is -0.385 e. The lowest BCUT2D eigenvalue weighted by Gasteiger charge is -2.09. The van der Waals surface area contributed by atoms with E-state index in [9.17, 15) is 4.79 Å². The van der Waals surface area contributed by atoms with Crippen molar-refractivity contribution in [3.63, 3.8) is 0 Å². The van der Waals surface area contributed by atoms with E-state index in [1.807, 2.05) is 19.9 Å². The maximum atomic E-state index is 11.4. The molecule has 0 saturated carbocycles. The Hall–Kier alpha value is -1.58. The van der Waals surface area contributed by atoms with Crippen LogP contribution in [-0.4, -0.2) is 24.5 Å². The van der Waals surface area contributed by atoms with Gasteiger partial charge in [0.05, 0.1) is 11.3 Å². The average molecular weight is 193 g/mol. The average Bonchev–Trinajstić information content (AvgIpc) is 2.17. The second-order valence-electron chi connectivity index (χ2n) is 2.98. The Morgan fingerprint density at radius 1 is 1.57 bits per heavy atom. The van der Waals surface area contributed by atoms with Crippen molar-refractivity contribution in [1.29, 1.82) is 0 Å². The lowest BCUT2D eigenvalue weighted by atomic mass is 10.2. The van der Waals surface area contributed by atoms with E-state index in [0.717, 1.165) is 17.9 Å². The molecule has 0 unspecified atom stereocenters. The first kappa shape index (κ1) is 10.5. The molecule has 0 radical (unpaired) electrons. The maximum absolute atomic E-state index is 11.4. The molecule has 0 saturated heterocycles. The van der Waals surface area contributed by atoms with Crippen LogP contribution in [0.2, 0.25) is 0 Å². The number of carbonyl (C=O) groups is 1. The summed E-state index contributed by atoms with van der Waals surface area (Å²) in [6.45, 7) is 4.67. The second-order valence-corrected chi connectivity index (χ2v) is 2.98. The predicted octanol–water partition coefficient (Wildman–Crippen LogP) is 1.18. The summed E-state index contributed by atoms with van der Waals surface area (Å²) in [5, 5.41) is 5.71. The molecule has 14 heavy (non-hydrogen) atoms. The first-order chi connectivity index (χ1) is 6.69. The molecule has 1 amide bonds. The topological polar surface area (TPSA) is 54.0 Å². The summed E-state index contributed by atoms with van der Waals surface area (Å²) in [5.41, 5.74) is 2.31. The SMILES string of the molecule is CCNc1cc(C)ncc1C(=O)NC. The van der Waals surface area contributed by atoms with Crippen molar-refractivity contribution < 1.29 is 4.79 Å². The minimum absolute atomic E-state index is 0.117. The van der Waals surface area contributed by atoms with E-state index in [2.05, 4.69) is 15.6 Å². The molecule has 0 bridgehead atoms. The highest BCUT2D eigenvalue weighted by Gasteiger charge is 2.09. The zero-order valence-corrected chi connectivity index (χ0v) is 8.72. The smallest absolute Gasteiger partial charge is 0.254 e. The largest absolute Gasteiger partial charge is 0.385 e. The molecule has 2 N–H and O–H groups in total. The van der Waals surface area contributed by atoms with Crippen molar-refractivity contribution in [2.45, 2.75) is 13.8 Å². The Kier molecular flexibility index (Phi) is 3.45. The molecule has 0 aliphatic carbocycles. The molecule has 0 aliphatic rings. The van der Waals surface area contributed by atoms with Crippen molar-refractivity contribution in [2.75, 3.05) is 18.9 Å². The summed E-state index contributed by atoms with van der Waals surface area (Å²) in [6, 6.07) is 1.87. The number of pyridine rings is 1. The molecule has 0 aromatic carbocycles. The number of hydrogen-bond acceptors (Lipinski definition) is 3. The van der Waals surface area contributed by atoms with Gasteiger partial charge in [-0.15, -0.1) is 0 Å². The Morgan fingerprint density at radius 3 is 2.86 bits per heavy atom. The number of carbonyl (C=O) groups excluding carboxylic acids is 1. The molecule has 76 valence electrons. The lowest BCUT2D eigenvalue weighted by Crippen LogP contribution is -2.20. The Labute approximate surface area is 83.7 Å². The first-order valence-corrected chi connectivity index (χ1v) is 4.61. The van der Waals surface area contributed by atoms with E-state index >= 15 is 0 Å². The number of nitrogens with zero attached hydrogens (tertiary/aromatic N) is 1. The van der Waals surface area contributed by atoms with Crippen molar-refractivity contribution in [3.05, 3.63) is 23.5 Å². The number of anilines is 1. The van der Waals surface area contributed by atoms with E-state index in [-0.39, 0.29) is 5.91 Å². The van der Waals surface area contributed by atoms with E-state index in [0.29, 0.717) is 5.56 Å². The monoisotopic (exact) mass is 193 g/mol. The van der Waals surface area contributed by atoms with Gasteiger partial charge in [0.15, 0.2) is 0 Å². The molecule has 0 atom stereocenters. The van der Waals surface area contributed by atoms with Crippen molar-refractivity contribution in [3.8, 4) is 0 Å². The molecule has 0 fully saturated rings. The fourth-order valence-corrected chi connectivity index (χ4v) is 1.21. The predicted molar refractivity (Wildman–Crippen MR) is 56.5 cm³/mol. The van der Waals surface area contributed by atoms with Gasteiger partial charge in [0.1, 0.15) is 0 Å². The van der Waals surface area contributed by atoms with Crippen LogP contribution >= 0.6 is 0 Å². The summed E-state index contributed by atoms with van der Waals surface area (Å²) in [4.78, 5) is 15.5. The van der Waals surface area contributed by atoms with Gasteiger partial charge in [-0.05, 0) is 19.9 Å². The molecular weight excluding hydrogens is 178 g/mol. The van der Waals surface area contributed by atoms with Crippen molar-refractivity contribution >= 4 is 11.6 Å². The lowest BCUT2D eigenvalue weighted by molar-refractivity contribution is 0.0963. The number of nitrogens with one attached hydrogen (secondary N) is 2. The van der Waals surface area contributed by atoms with Crippen LogP contribution in [0, 0.1) is 6.92 Å². The molecule has 1 aromatic heterocycles. The van der Waals surface area contributed by atoms with Gasteiger partial charge in [0.2, 0.25) is 0 Å². The van der Waals surface area contributed by atoms with Gasteiger partial charge in [-0.25, -0.2) is 0 Å². The quantitative estimate of drug-likeness (QED) is 0.758. The van der Waals surface area contributed by atoms with Gasteiger partial charge in [0.25, 0.3) is 5.91 Å². The first-order valence-electron chi connectivity index (χ1n) is 4.61. The number of aromatic nitrogens is 1. The molecule has 4 nitrogen and oxygen atoms in total.